The van der Waals surface area contributed by atoms with E-state index in [0.29, 0.717) is 17.8 Å². The van der Waals surface area contributed by atoms with Crippen molar-refractivity contribution >= 4 is 11.8 Å². The normalized spacial score (nSPS) is 10.4. The average Bonchev–Trinajstić information content (AvgIpc) is 2.87. The zero-order chi connectivity index (χ0) is 15.4. The highest BCUT2D eigenvalue weighted by Gasteiger charge is 2.14. The Labute approximate surface area is 122 Å². The van der Waals surface area contributed by atoms with Crippen molar-refractivity contribution in [2.24, 2.45) is 12.8 Å². The number of aryl methyl sites for hydroxylation is 1. The molecule has 0 bridgehead atoms. The fourth-order valence-corrected chi connectivity index (χ4v) is 2.08. The van der Waals surface area contributed by atoms with Crippen LogP contribution >= 0.6 is 0 Å². The molecule has 6 nitrogen and oxygen atoms in total. The van der Waals surface area contributed by atoms with Crippen LogP contribution in [0.25, 0.3) is 0 Å². The van der Waals surface area contributed by atoms with E-state index in [-0.39, 0.29) is 12.5 Å². The molecule has 21 heavy (non-hydrogen) atoms. The molecule has 0 aliphatic rings. The quantitative estimate of drug-likeness (QED) is 0.749. The van der Waals surface area contributed by atoms with E-state index >= 15 is 0 Å². The number of primary amides is 1. The molecule has 0 unspecified atom stereocenters. The van der Waals surface area contributed by atoms with Gasteiger partial charge in [-0.2, -0.15) is 0 Å². The van der Waals surface area contributed by atoms with Gasteiger partial charge < -0.3 is 20.7 Å². The van der Waals surface area contributed by atoms with Crippen LogP contribution < -0.4 is 11.1 Å². The first kappa shape index (κ1) is 14.8. The lowest BCUT2D eigenvalue weighted by atomic mass is 10.1. The van der Waals surface area contributed by atoms with Crippen molar-refractivity contribution in [3.8, 4) is 0 Å². The van der Waals surface area contributed by atoms with Crippen molar-refractivity contribution in [2.75, 3.05) is 0 Å². The Balaban J connectivity index is 2.10. The summed E-state index contributed by atoms with van der Waals surface area (Å²) in [5, 5.41) is 12.0. The highest BCUT2D eigenvalue weighted by atomic mass is 16.3. The third-order valence-corrected chi connectivity index (χ3v) is 3.25. The second kappa shape index (κ2) is 6.23. The smallest absolute Gasteiger partial charge is 0.268 e. The van der Waals surface area contributed by atoms with Crippen LogP contribution in [0.2, 0.25) is 0 Å². The molecule has 0 fully saturated rings. The van der Waals surface area contributed by atoms with Crippen molar-refractivity contribution in [3.63, 3.8) is 0 Å². The minimum atomic E-state index is -0.574. The maximum Gasteiger partial charge on any atom is 0.268 e. The maximum atomic E-state index is 12.1. The van der Waals surface area contributed by atoms with Gasteiger partial charge in [-0.3, -0.25) is 9.59 Å². The van der Waals surface area contributed by atoms with E-state index in [9.17, 15) is 14.7 Å². The Morgan fingerprint density at radius 1 is 1.29 bits per heavy atom. The summed E-state index contributed by atoms with van der Waals surface area (Å²) in [5.74, 6) is -0.881. The molecule has 0 spiro atoms. The second-order valence-electron chi connectivity index (χ2n) is 4.70. The first-order valence-corrected chi connectivity index (χ1v) is 6.45. The number of nitrogens with zero attached hydrogens (tertiary/aromatic N) is 1. The van der Waals surface area contributed by atoms with Gasteiger partial charge in [-0.15, -0.1) is 0 Å². The molecule has 1 heterocycles. The molecule has 0 aliphatic heterocycles. The predicted molar refractivity (Wildman–Crippen MR) is 77.5 cm³/mol. The Morgan fingerprint density at radius 2 is 1.95 bits per heavy atom. The molecule has 2 amide bonds. The number of benzene rings is 1. The molecule has 0 aliphatic carbocycles. The van der Waals surface area contributed by atoms with E-state index < -0.39 is 5.91 Å². The van der Waals surface area contributed by atoms with Gasteiger partial charge >= 0.3 is 0 Å². The SMILES string of the molecule is Cn1cc(C(N)=O)cc1C(=O)NCc1ccccc1CO. The van der Waals surface area contributed by atoms with Gasteiger partial charge in [0.25, 0.3) is 5.91 Å². The molecule has 0 radical (unpaired) electrons. The van der Waals surface area contributed by atoms with E-state index in [1.807, 2.05) is 18.2 Å². The molecule has 6 heteroatoms. The van der Waals surface area contributed by atoms with Crippen LogP contribution in [0.3, 0.4) is 0 Å². The molecule has 1 aromatic heterocycles. The first-order valence-electron chi connectivity index (χ1n) is 6.45. The van der Waals surface area contributed by atoms with Crippen molar-refractivity contribution in [1.29, 1.82) is 0 Å². The third-order valence-electron chi connectivity index (χ3n) is 3.25. The van der Waals surface area contributed by atoms with Crippen molar-refractivity contribution in [2.45, 2.75) is 13.2 Å². The fraction of sp³-hybridized carbons (Fsp3) is 0.200. The van der Waals surface area contributed by atoms with Crippen LogP contribution in [0, 0.1) is 0 Å². The fourth-order valence-electron chi connectivity index (χ4n) is 2.08. The number of aliphatic hydroxyl groups excluding tert-OH is 1. The van der Waals surface area contributed by atoms with E-state index in [0.717, 1.165) is 11.1 Å². The van der Waals surface area contributed by atoms with Crippen LogP contribution in [-0.2, 0) is 20.2 Å². The maximum absolute atomic E-state index is 12.1. The number of amides is 2. The zero-order valence-corrected chi connectivity index (χ0v) is 11.7. The number of nitrogens with two attached hydrogens (primary N) is 1. The number of rotatable bonds is 5. The topological polar surface area (TPSA) is 97.4 Å². The summed E-state index contributed by atoms with van der Waals surface area (Å²) in [4.78, 5) is 23.2. The average molecular weight is 287 g/mol. The van der Waals surface area contributed by atoms with Gasteiger partial charge in [0.2, 0.25) is 5.91 Å². The van der Waals surface area contributed by atoms with E-state index in [4.69, 9.17) is 5.73 Å². The lowest BCUT2D eigenvalue weighted by Crippen LogP contribution is -2.25. The number of carbonyl (C=O) groups excluding carboxylic acids is 2. The Morgan fingerprint density at radius 3 is 2.52 bits per heavy atom. The van der Waals surface area contributed by atoms with Crippen LogP contribution in [0.15, 0.2) is 36.5 Å². The lowest BCUT2D eigenvalue weighted by Gasteiger charge is -2.09. The van der Waals surface area contributed by atoms with Crippen LogP contribution in [0.1, 0.15) is 32.0 Å². The molecule has 4 N–H and O–H groups in total. The molecule has 2 rings (SSSR count). The van der Waals surface area contributed by atoms with Crippen LogP contribution in [0.5, 0.6) is 0 Å². The van der Waals surface area contributed by atoms with Gasteiger partial charge in [0, 0.05) is 19.8 Å². The van der Waals surface area contributed by atoms with E-state index in [2.05, 4.69) is 5.32 Å². The Hall–Kier alpha value is -2.60. The van der Waals surface area contributed by atoms with Crippen LogP contribution in [0.4, 0.5) is 0 Å². The molecule has 0 atom stereocenters. The summed E-state index contributed by atoms with van der Waals surface area (Å²) in [6, 6.07) is 8.76. The third kappa shape index (κ3) is 3.29. The summed E-state index contributed by atoms with van der Waals surface area (Å²) in [5.41, 5.74) is 7.44. The molecule has 0 saturated carbocycles. The monoisotopic (exact) mass is 287 g/mol. The predicted octanol–water partition coefficient (Wildman–Crippen LogP) is 0.546. The molecule has 110 valence electrons. The van der Waals surface area contributed by atoms with Gasteiger partial charge in [-0.1, -0.05) is 24.3 Å². The number of hydrogen-bond donors (Lipinski definition) is 3. The van der Waals surface area contributed by atoms with Crippen molar-refractivity contribution in [3.05, 3.63) is 58.9 Å². The Kier molecular flexibility index (Phi) is 4.39. The van der Waals surface area contributed by atoms with E-state index in [1.54, 1.807) is 17.7 Å². The highest BCUT2D eigenvalue weighted by molar-refractivity contribution is 5.98. The van der Waals surface area contributed by atoms with Gasteiger partial charge in [-0.05, 0) is 17.2 Å². The summed E-state index contributed by atoms with van der Waals surface area (Å²) < 4.78 is 1.55. The molecular weight excluding hydrogens is 270 g/mol. The second-order valence-corrected chi connectivity index (χ2v) is 4.70. The molecule has 1 aromatic carbocycles. The van der Waals surface area contributed by atoms with E-state index in [1.165, 1.54) is 12.3 Å². The summed E-state index contributed by atoms with van der Waals surface area (Å²) in [6.45, 7) is 0.217. The van der Waals surface area contributed by atoms with Crippen LogP contribution in [-0.4, -0.2) is 21.5 Å². The van der Waals surface area contributed by atoms with Gasteiger partial charge in [0.1, 0.15) is 5.69 Å². The van der Waals surface area contributed by atoms with Crippen molar-refractivity contribution in [1.82, 2.24) is 9.88 Å². The minimum Gasteiger partial charge on any atom is -0.392 e. The molecular formula is C15H17N3O3. The highest BCUT2D eigenvalue weighted by Crippen LogP contribution is 2.10. The summed E-state index contributed by atoms with van der Waals surface area (Å²) in [7, 11) is 1.67. The molecule has 2 aromatic rings. The molecule has 0 saturated heterocycles. The van der Waals surface area contributed by atoms with Gasteiger partial charge in [0.05, 0.1) is 12.2 Å². The standard InChI is InChI=1S/C15H17N3O3/c1-18-8-12(14(16)20)6-13(18)15(21)17-7-10-4-2-3-5-11(10)9-19/h2-6,8,19H,7,9H2,1H3,(H2,16,20)(H,17,21). The number of nitrogens with one attached hydrogen (secondary N) is 1. The summed E-state index contributed by atoms with van der Waals surface area (Å²) >= 11 is 0. The number of aromatic nitrogens is 1. The van der Waals surface area contributed by atoms with Gasteiger partial charge in [0.15, 0.2) is 0 Å². The van der Waals surface area contributed by atoms with Gasteiger partial charge in [-0.25, -0.2) is 0 Å². The van der Waals surface area contributed by atoms with Crippen molar-refractivity contribution < 1.29 is 14.7 Å². The minimum absolute atomic E-state index is 0.0813. The largest absolute Gasteiger partial charge is 0.392 e. The zero-order valence-electron chi connectivity index (χ0n) is 11.7. The summed E-state index contributed by atoms with van der Waals surface area (Å²) in [6.07, 6.45) is 1.51. The first-order chi connectivity index (χ1) is 10.0. The lowest BCUT2D eigenvalue weighted by molar-refractivity contribution is 0.0942. The number of hydrogen-bond acceptors (Lipinski definition) is 3. The number of aliphatic hydroxyl groups is 1. The Bertz CT molecular complexity index is 677. The number of carbonyl (C=O) groups is 2.